The monoisotopic (exact) mass is 394 g/mol. The average molecular weight is 394 g/mol. The molecule has 9 nitrogen and oxygen atoms in total. The Balaban J connectivity index is 1.43. The molecule has 0 aromatic heterocycles. The topological polar surface area (TPSA) is 104 Å². The summed E-state index contributed by atoms with van der Waals surface area (Å²) in [6.07, 6.45) is 0. The normalized spacial score (nSPS) is 16.2. The third kappa shape index (κ3) is 3.31. The Kier molecular flexibility index (Phi) is 4.71. The molecular weight excluding hydrogens is 376 g/mol. The van der Waals surface area contributed by atoms with Crippen LogP contribution in [0.3, 0.4) is 0 Å². The third-order valence-corrected chi connectivity index (χ3v) is 5.22. The van der Waals surface area contributed by atoms with E-state index in [1.165, 1.54) is 18.2 Å². The number of para-hydroxylation sites is 1. The summed E-state index contributed by atoms with van der Waals surface area (Å²) in [5, 5.41) is 11.2. The maximum absolute atomic E-state index is 12.7. The van der Waals surface area contributed by atoms with Gasteiger partial charge in [0.05, 0.1) is 10.5 Å². The number of benzene rings is 2. The molecule has 0 aliphatic carbocycles. The predicted molar refractivity (Wildman–Crippen MR) is 104 cm³/mol. The summed E-state index contributed by atoms with van der Waals surface area (Å²) in [5.41, 5.74) is 0.370. The van der Waals surface area contributed by atoms with Crippen LogP contribution in [0.4, 0.5) is 11.4 Å². The maximum Gasteiger partial charge on any atom is 0.282 e. The van der Waals surface area contributed by atoms with E-state index in [4.69, 9.17) is 0 Å². The predicted octanol–water partition coefficient (Wildman–Crippen LogP) is 1.54. The van der Waals surface area contributed by atoms with Crippen molar-refractivity contribution >= 4 is 29.1 Å². The van der Waals surface area contributed by atoms with Crippen LogP contribution >= 0.6 is 0 Å². The SMILES string of the molecule is O=C(CN1C(=O)c2cccc([N+](=O)[O-])c2C1=O)N1CCN(c2ccccc2)CC1. The first-order chi connectivity index (χ1) is 14.0. The lowest BCUT2D eigenvalue weighted by Crippen LogP contribution is -2.51. The highest BCUT2D eigenvalue weighted by atomic mass is 16.6. The highest BCUT2D eigenvalue weighted by molar-refractivity contribution is 6.24. The van der Waals surface area contributed by atoms with Gasteiger partial charge in [-0.25, -0.2) is 0 Å². The molecule has 0 bridgehead atoms. The van der Waals surface area contributed by atoms with E-state index >= 15 is 0 Å². The van der Waals surface area contributed by atoms with Crippen LogP contribution in [0.5, 0.6) is 0 Å². The van der Waals surface area contributed by atoms with Gasteiger partial charge in [-0.15, -0.1) is 0 Å². The molecule has 1 saturated heterocycles. The Hall–Kier alpha value is -3.75. The van der Waals surface area contributed by atoms with Crippen molar-refractivity contribution in [3.05, 3.63) is 69.8 Å². The van der Waals surface area contributed by atoms with Crippen molar-refractivity contribution in [1.29, 1.82) is 0 Å². The number of carbonyl (C=O) groups excluding carboxylic acids is 3. The fourth-order valence-electron chi connectivity index (χ4n) is 3.70. The number of hydrogen-bond acceptors (Lipinski definition) is 6. The quantitative estimate of drug-likeness (QED) is 0.443. The molecule has 2 heterocycles. The Morgan fingerprint density at radius 1 is 0.931 bits per heavy atom. The number of rotatable bonds is 4. The summed E-state index contributed by atoms with van der Waals surface area (Å²) >= 11 is 0. The summed E-state index contributed by atoms with van der Waals surface area (Å²) in [4.78, 5) is 52.9. The van der Waals surface area contributed by atoms with Crippen LogP contribution in [0.25, 0.3) is 0 Å². The number of nitro groups is 1. The molecule has 3 amide bonds. The second kappa shape index (κ2) is 7.34. The first kappa shape index (κ1) is 18.6. The number of hydrogen-bond donors (Lipinski definition) is 0. The first-order valence-corrected chi connectivity index (χ1v) is 9.18. The van der Waals surface area contributed by atoms with Gasteiger partial charge in [-0.3, -0.25) is 29.4 Å². The number of piperazine rings is 1. The average Bonchev–Trinajstić information content (AvgIpc) is 2.99. The van der Waals surface area contributed by atoms with Crippen molar-refractivity contribution in [2.24, 2.45) is 0 Å². The van der Waals surface area contributed by atoms with Gasteiger partial charge >= 0.3 is 0 Å². The van der Waals surface area contributed by atoms with Crippen molar-refractivity contribution in [3.8, 4) is 0 Å². The minimum atomic E-state index is -0.798. The molecule has 4 rings (SSSR count). The number of imide groups is 1. The van der Waals surface area contributed by atoms with E-state index in [-0.39, 0.29) is 17.0 Å². The van der Waals surface area contributed by atoms with Crippen LogP contribution in [0.15, 0.2) is 48.5 Å². The highest BCUT2D eigenvalue weighted by Crippen LogP contribution is 2.30. The Bertz CT molecular complexity index is 999. The molecule has 1 fully saturated rings. The summed E-state index contributed by atoms with van der Waals surface area (Å²) in [5.74, 6) is -1.83. The molecule has 2 aliphatic rings. The van der Waals surface area contributed by atoms with Gasteiger partial charge in [-0.1, -0.05) is 24.3 Å². The zero-order valence-electron chi connectivity index (χ0n) is 15.5. The molecule has 148 valence electrons. The molecule has 29 heavy (non-hydrogen) atoms. The Labute approximate surface area is 166 Å². The fraction of sp³-hybridized carbons (Fsp3) is 0.250. The lowest BCUT2D eigenvalue weighted by atomic mass is 10.1. The number of amides is 3. The summed E-state index contributed by atoms with van der Waals surface area (Å²) in [6, 6.07) is 13.8. The zero-order valence-corrected chi connectivity index (χ0v) is 15.5. The van der Waals surface area contributed by atoms with Crippen LogP contribution in [0.2, 0.25) is 0 Å². The van der Waals surface area contributed by atoms with Gasteiger partial charge in [0.15, 0.2) is 0 Å². The van der Waals surface area contributed by atoms with Gasteiger partial charge in [-0.2, -0.15) is 0 Å². The van der Waals surface area contributed by atoms with E-state index in [1.54, 1.807) is 4.90 Å². The number of anilines is 1. The van der Waals surface area contributed by atoms with Crippen molar-refractivity contribution in [3.63, 3.8) is 0 Å². The van der Waals surface area contributed by atoms with Crippen molar-refractivity contribution in [2.45, 2.75) is 0 Å². The summed E-state index contributed by atoms with van der Waals surface area (Å²) in [7, 11) is 0. The standard InChI is InChI=1S/C20H18N4O5/c25-17(22-11-9-21(10-12-22)14-5-2-1-3-6-14)13-23-19(26)15-7-4-8-16(24(28)29)18(15)20(23)27/h1-8H,9-13H2. The van der Waals surface area contributed by atoms with Crippen LogP contribution in [0, 0.1) is 10.1 Å². The van der Waals surface area contributed by atoms with Gasteiger partial charge < -0.3 is 9.80 Å². The van der Waals surface area contributed by atoms with Gasteiger partial charge in [-0.05, 0) is 18.2 Å². The number of nitrogens with zero attached hydrogens (tertiary/aromatic N) is 4. The van der Waals surface area contributed by atoms with Gasteiger partial charge in [0.1, 0.15) is 12.1 Å². The van der Waals surface area contributed by atoms with E-state index in [9.17, 15) is 24.5 Å². The van der Waals surface area contributed by atoms with Crippen LogP contribution in [-0.2, 0) is 4.79 Å². The van der Waals surface area contributed by atoms with Gasteiger partial charge in [0.2, 0.25) is 5.91 Å². The summed E-state index contributed by atoms with van der Waals surface area (Å²) < 4.78 is 0. The van der Waals surface area contributed by atoms with Gasteiger partial charge in [0, 0.05) is 37.9 Å². The van der Waals surface area contributed by atoms with Crippen molar-refractivity contribution < 1.29 is 19.3 Å². The van der Waals surface area contributed by atoms with Crippen LogP contribution in [-0.4, -0.2) is 65.2 Å². The molecule has 0 atom stereocenters. The molecule has 2 aromatic rings. The molecule has 0 spiro atoms. The second-order valence-electron chi connectivity index (χ2n) is 6.86. The smallest absolute Gasteiger partial charge is 0.282 e. The fourth-order valence-corrected chi connectivity index (χ4v) is 3.70. The molecule has 0 N–H and O–H groups in total. The zero-order chi connectivity index (χ0) is 20.5. The molecule has 0 saturated carbocycles. The molecule has 0 radical (unpaired) electrons. The van der Waals surface area contributed by atoms with Crippen molar-refractivity contribution in [1.82, 2.24) is 9.80 Å². The van der Waals surface area contributed by atoms with Crippen LogP contribution in [0.1, 0.15) is 20.7 Å². The van der Waals surface area contributed by atoms with E-state index in [1.807, 2.05) is 30.3 Å². The molecule has 0 unspecified atom stereocenters. The number of nitro benzene ring substituents is 1. The van der Waals surface area contributed by atoms with E-state index in [0.717, 1.165) is 10.6 Å². The highest BCUT2D eigenvalue weighted by Gasteiger charge is 2.42. The number of fused-ring (bicyclic) bond motifs is 1. The first-order valence-electron chi connectivity index (χ1n) is 9.18. The minimum Gasteiger partial charge on any atom is -0.368 e. The largest absolute Gasteiger partial charge is 0.368 e. The molecule has 2 aliphatic heterocycles. The second-order valence-corrected chi connectivity index (χ2v) is 6.86. The molecule has 9 heteroatoms. The Morgan fingerprint density at radius 2 is 1.62 bits per heavy atom. The molecular formula is C20H18N4O5. The van der Waals surface area contributed by atoms with E-state index < -0.39 is 29.0 Å². The summed E-state index contributed by atoms with van der Waals surface area (Å²) in [6.45, 7) is 1.80. The lowest BCUT2D eigenvalue weighted by Gasteiger charge is -2.36. The maximum atomic E-state index is 12.7. The van der Waals surface area contributed by atoms with E-state index in [2.05, 4.69) is 4.90 Å². The van der Waals surface area contributed by atoms with Crippen molar-refractivity contribution in [2.75, 3.05) is 37.6 Å². The number of carbonyl (C=O) groups is 3. The molecule has 2 aromatic carbocycles. The lowest BCUT2D eigenvalue weighted by molar-refractivity contribution is -0.385. The van der Waals surface area contributed by atoms with E-state index in [0.29, 0.717) is 26.2 Å². The third-order valence-electron chi connectivity index (χ3n) is 5.22. The minimum absolute atomic E-state index is 0.0362. The van der Waals surface area contributed by atoms with Crippen LogP contribution < -0.4 is 4.90 Å². The Morgan fingerprint density at radius 3 is 2.28 bits per heavy atom. The van der Waals surface area contributed by atoms with Gasteiger partial charge in [0.25, 0.3) is 17.5 Å².